The van der Waals surface area contributed by atoms with Crippen LogP contribution in [0.15, 0.2) is 18.2 Å². The van der Waals surface area contributed by atoms with Gasteiger partial charge in [-0.2, -0.15) is 0 Å². The quantitative estimate of drug-likeness (QED) is 0.598. The van der Waals surface area contributed by atoms with Crippen LogP contribution in [0.2, 0.25) is 5.02 Å². The normalized spacial score (nSPS) is 10.6. The molecule has 0 spiro atoms. The molecule has 0 aliphatic carbocycles. The SMILES string of the molecule is [O-]n1nnc2c(Cl)cccc21. The summed E-state index contributed by atoms with van der Waals surface area (Å²) in [5, 5.41) is 18.1. The first-order valence-corrected chi connectivity index (χ1v) is 3.34. The van der Waals surface area contributed by atoms with E-state index in [1.165, 1.54) is 0 Å². The zero-order valence-corrected chi connectivity index (χ0v) is 6.12. The van der Waals surface area contributed by atoms with Gasteiger partial charge >= 0.3 is 0 Å². The van der Waals surface area contributed by atoms with Gasteiger partial charge in [-0.15, -0.1) is 5.10 Å². The van der Waals surface area contributed by atoms with E-state index in [9.17, 15) is 5.21 Å². The Labute approximate surface area is 67.0 Å². The van der Waals surface area contributed by atoms with Crippen LogP contribution in [0, 0.1) is 5.21 Å². The second kappa shape index (κ2) is 2.10. The standard InChI is InChI=1S/C6H3ClN3O/c7-4-2-1-3-5-6(4)8-9-10(5)11/h1-3H/q-1. The van der Waals surface area contributed by atoms with Gasteiger partial charge in [-0.05, 0) is 12.1 Å². The molecule has 0 amide bonds. The van der Waals surface area contributed by atoms with Gasteiger partial charge in [0.1, 0.15) is 5.52 Å². The molecule has 0 aliphatic rings. The zero-order valence-electron chi connectivity index (χ0n) is 5.36. The molecule has 0 atom stereocenters. The molecule has 2 rings (SSSR count). The maximum absolute atomic E-state index is 10.8. The highest BCUT2D eigenvalue weighted by molar-refractivity contribution is 6.34. The Morgan fingerprint density at radius 1 is 1.45 bits per heavy atom. The molecule has 1 aromatic heterocycles. The molecule has 2 aromatic rings. The van der Waals surface area contributed by atoms with Gasteiger partial charge in [0.15, 0.2) is 0 Å². The molecule has 0 unspecified atom stereocenters. The second-order valence-electron chi connectivity index (χ2n) is 2.07. The highest BCUT2D eigenvalue weighted by Crippen LogP contribution is 2.19. The number of aromatic nitrogens is 3. The van der Waals surface area contributed by atoms with E-state index in [-0.39, 0.29) is 0 Å². The Bertz CT molecular complexity index is 398. The Morgan fingerprint density at radius 2 is 2.27 bits per heavy atom. The van der Waals surface area contributed by atoms with Gasteiger partial charge in [-0.1, -0.05) is 22.9 Å². The van der Waals surface area contributed by atoms with Crippen LogP contribution in [0.4, 0.5) is 0 Å². The minimum Gasteiger partial charge on any atom is -0.789 e. The van der Waals surface area contributed by atoms with Crippen molar-refractivity contribution in [3.63, 3.8) is 0 Å². The van der Waals surface area contributed by atoms with Crippen molar-refractivity contribution in [1.29, 1.82) is 0 Å². The molecular weight excluding hydrogens is 166 g/mol. The smallest absolute Gasteiger partial charge is 0.131 e. The van der Waals surface area contributed by atoms with Gasteiger partial charge in [-0.25, -0.2) is 0 Å². The molecule has 0 N–H and O–H groups in total. The van der Waals surface area contributed by atoms with Crippen molar-refractivity contribution in [2.24, 2.45) is 0 Å². The third-order valence-electron chi connectivity index (χ3n) is 1.40. The average molecular weight is 169 g/mol. The number of fused-ring (bicyclic) bond motifs is 1. The van der Waals surface area contributed by atoms with E-state index in [1.807, 2.05) is 0 Å². The van der Waals surface area contributed by atoms with Crippen LogP contribution in [0.1, 0.15) is 0 Å². The number of nitrogens with zero attached hydrogens (tertiary/aromatic N) is 3. The van der Waals surface area contributed by atoms with Crippen molar-refractivity contribution >= 4 is 22.6 Å². The molecule has 4 nitrogen and oxygen atoms in total. The molecule has 0 saturated carbocycles. The van der Waals surface area contributed by atoms with Crippen molar-refractivity contribution in [2.75, 3.05) is 0 Å². The third-order valence-corrected chi connectivity index (χ3v) is 1.70. The monoisotopic (exact) mass is 168 g/mol. The van der Waals surface area contributed by atoms with Crippen molar-refractivity contribution in [2.45, 2.75) is 0 Å². The summed E-state index contributed by atoms with van der Waals surface area (Å²) in [4.78, 5) is 0.446. The Kier molecular flexibility index (Phi) is 1.22. The second-order valence-corrected chi connectivity index (χ2v) is 2.48. The van der Waals surface area contributed by atoms with Gasteiger partial charge in [0.25, 0.3) is 0 Å². The third kappa shape index (κ3) is 0.832. The lowest BCUT2D eigenvalue weighted by Gasteiger charge is -2.01. The van der Waals surface area contributed by atoms with E-state index in [2.05, 4.69) is 10.3 Å². The number of rotatable bonds is 0. The van der Waals surface area contributed by atoms with Crippen molar-refractivity contribution < 1.29 is 0 Å². The molecule has 56 valence electrons. The fourth-order valence-electron chi connectivity index (χ4n) is 0.891. The van der Waals surface area contributed by atoms with Crippen LogP contribution < -0.4 is 0 Å². The van der Waals surface area contributed by atoms with Crippen LogP contribution in [-0.4, -0.2) is 15.2 Å². The molecule has 5 heteroatoms. The summed E-state index contributed by atoms with van der Waals surface area (Å²) in [7, 11) is 0. The first-order valence-electron chi connectivity index (χ1n) is 2.96. The maximum Gasteiger partial charge on any atom is 0.131 e. The number of benzene rings is 1. The van der Waals surface area contributed by atoms with Gasteiger partial charge < -0.3 is 5.21 Å². The molecule has 1 heterocycles. The lowest BCUT2D eigenvalue weighted by atomic mass is 10.3. The van der Waals surface area contributed by atoms with Crippen LogP contribution in [0.5, 0.6) is 0 Å². The minimum atomic E-state index is 0.400. The van der Waals surface area contributed by atoms with Crippen LogP contribution in [0.3, 0.4) is 0 Å². The maximum atomic E-state index is 10.8. The molecule has 0 aliphatic heterocycles. The Hall–Kier alpha value is -1.29. The predicted octanol–water partition coefficient (Wildman–Crippen LogP) is 1.43. The molecule has 0 radical (unpaired) electrons. The largest absolute Gasteiger partial charge is 0.789 e. The minimum absolute atomic E-state index is 0.400. The van der Waals surface area contributed by atoms with Gasteiger partial charge in [0.2, 0.25) is 0 Å². The summed E-state index contributed by atoms with van der Waals surface area (Å²) in [6.07, 6.45) is 0. The van der Waals surface area contributed by atoms with Crippen LogP contribution >= 0.6 is 11.6 Å². The van der Waals surface area contributed by atoms with Gasteiger partial charge in [0.05, 0.1) is 10.5 Å². The first kappa shape index (κ1) is 6.42. The van der Waals surface area contributed by atoms with E-state index in [0.717, 1.165) is 0 Å². The fourth-order valence-corrected chi connectivity index (χ4v) is 1.10. The fraction of sp³-hybridized carbons (Fsp3) is 0. The van der Waals surface area contributed by atoms with Crippen molar-refractivity contribution in [3.05, 3.63) is 28.4 Å². The number of hydrogen-bond acceptors (Lipinski definition) is 3. The Morgan fingerprint density at radius 3 is 3.00 bits per heavy atom. The summed E-state index contributed by atoms with van der Waals surface area (Å²) in [6, 6.07) is 4.97. The molecule has 11 heavy (non-hydrogen) atoms. The predicted molar refractivity (Wildman–Crippen MR) is 41.3 cm³/mol. The van der Waals surface area contributed by atoms with Gasteiger partial charge in [0, 0.05) is 0 Å². The summed E-state index contributed by atoms with van der Waals surface area (Å²) >= 11 is 5.72. The van der Waals surface area contributed by atoms with Gasteiger partial charge in [-0.3, -0.25) is 4.85 Å². The lowest BCUT2D eigenvalue weighted by molar-refractivity contribution is 0.828. The van der Waals surface area contributed by atoms with Crippen molar-refractivity contribution in [1.82, 2.24) is 15.2 Å². The number of hydrogen-bond donors (Lipinski definition) is 0. The highest BCUT2D eigenvalue weighted by Gasteiger charge is 2.01. The van der Waals surface area contributed by atoms with Crippen molar-refractivity contribution in [3.8, 4) is 0 Å². The highest BCUT2D eigenvalue weighted by atomic mass is 35.5. The van der Waals surface area contributed by atoms with Crippen LogP contribution in [0.25, 0.3) is 11.0 Å². The topological polar surface area (TPSA) is 53.8 Å². The molecule has 0 fully saturated rings. The van der Waals surface area contributed by atoms with Crippen LogP contribution in [-0.2, 0) is 0 Å². The van der Waals surface area contributed by atoms with E-state index in [0.29, 0.717) is 20.9 Å². The van der Waals surface area contributed by atoms with E-state index < -0.39 is 0 Å². The summed E-state index contributed by atoms with van der Waals surface area (Å²) in [5.74, 6) is 0. The Balaban J connectivity index is 2.94. The average Bonchev–Trinajstić information content (AvgIpc) is 2.35. The zero-order chi connectivity index (χ0) is 7.84. The number of halogens is 1. The van der Waals surface area contributed by atoms with E-state index in [1.54, 1.807) is 18.2 Å². The summed E-state index contributed by atoms with van der Waals surface area (Å²) < 4.78 is 0. The molecule has 0 saturated heterocycles. The molecule has 0 bridgehead atoms. The summed E-state index contributed by atoms with van der Waals surface area (Å²) in [6.45, 7) is 0. The molecule has 1 aromatic carbocycles. The lowest BCUT2D eigenvalue weighted by Crippen LogP contribution is -1.86. The molecular formula is C6H3ClN3O-. The van der Waals surface area contributed by atoms with E-state index in [4.69, 9.17) is 11.6 Å². The first-order chi connectivity index (χ1) is 5.29. The summed E-state index contributed by atoms with van der Waals surface area (Å²) in [5.41, 5.74) is 0.849. The van der Waals surface area contributed by atoms with E-state index >= 15 is 0 Å².